The number of benzene rings is 1. The van der Waals surface area contributed by atoms with Gasteiger partial charge in [0.2, 0.25) is 5.78 Å². The van der Waals surface area contributed by atoms with Crippen molar-refractivity contribution in [3.8, 4) is 0 Å². The summed E-state index contributed by atoms with van der Waals surface area (Å²) in [6, 6.07) is 7.18. The van der Waals surface area contributed by atoms with Crippen LogP contribution in [-0.2, 0) is 30.3 Å². The second kappa shape index (κ2) is 18.5. The van der Waals surface area contributed by atoms with Gasteiger partial charge in [0.05, 0.1) is 18.8 Å². The molecule has 0 spiro atoms. The fourth-order valence-corrected chi connectivity index (χ4v) is 2.74. The van der Waals surface area contributed by atoms with Gasteiger partial charge in [0.15, 0.2) is 5.78 Å². The van der Waals surface area contributed by atoms with Crippen LogP contribution in [-0.4, -0.2) is 49.1 Å². The molecule has 0 heterocycles. The molecule has 212 valence electrons. The number of nitrogens with zero attached hydrogens (tertiary/aromatic N) is 1. The molecule has 1 amide bonds. The molecular formula is C31H37N3O6. The molecule has 9 heteroatoms. The van der Waals surface area contributed by atoms with E-state index in [2.05, 4.69) is 29.0 Å². The molecule has 2 N–H and O–H groups in total. The van der Waals surface area contributed by atoms with E-state index in [0.29, 0.717) is 12.1 Å². The monoisotopic (exact) mass is 547 g/mol. The van der Waals surface area contributed by atoms with Gasteiger partial charge in [0.1, 0.15) is 12.3 Å². The SMILES string of the molecule is C=C(C)C(=O)OCCNC(=O)OCCc1ccc(NN=C(C=CC(=O)C(=C)C=CC=CC)C(=O)C=C(C)C)cc1. The summed E-state index contributed by atoms with van der Waals surface area (Å²) >= 11 is 0. The third kappa shape index (κ3) is 14.2. The van der Waals surface area contributed by atoms with E-state index < -0.39 is 12.1 Å². The van der Waals surface area contributed by atoms with E-state index in [4.69, 9.17) is 9.47 Å². The Morgan fingerprint density at radius 3 is 2.23 bits per heavy atom. The highest BCUT2D eigenvalue weighted by Crippen LogP contribution is 2.11. The van der Waals surface area contributed by atoms with Crippen molar-refractivity contribution >= 4 is 35.0 Å². The molecule has 0 saturated carbocycles. The number of ether oxygens (including phenoxy) is 2. The summed E-state index contributed by atoms with van der Waals surface area (Å²) in [5.41, 5.74) is 5.77. The summed E-state index contributed by atoms with van der Waals surface area (Å²) in [4.78, 5) is 48.0. The summed E-state index contributed by atoms with van der Waals surface area (Å²) in [5.74, 6) is -1.21. The number of ketones is 2. The summed E-state index contributed by atoms with van der Waals surface area (Å²) in [6.45, 7) is 14.5. The number of esters is 1. The molecule has 1 rings (SSSR count). The van der Waals surface area contributed by atoms with Gasteiger partial charge in [-0.15, -0.1) is 0 Å². The minimum absolute atomic E-state index is 0.0228. The molecule has 0 saturated heterocycles. The molecule has 0 radical (unpaired) electrons. The first-order valence-corrected chi connectivity index (χ1v) is 12.6. The standard InChI is InChI=1S/C31H37N3O6/c1-7-8-9-10-24(6)28(35)16-15-27(29(36)21-22(2)3)34-33-26-13-11-25(12-14-26)17-19-40-31(38)32-18-20-39-30(37)23(4)5/h7-16,21,33H,4,6,17-20H2,1-3,5H3,(H,32,38). The maximum absolute atomic E-state index is 12.6. The minimum Gasteiger partial charge on any atom is -0.460 e. The maximum atomic E-state index is 12.6. The number of nitrogens with one attached hydrogen (secondary N) is 2. The first kappa shape index (κ1) is 33.2. The van der Waals surface area contributed by atoms with Gasteiger partial charge in [-0.25, -0.2) is 9.59 Å². The topological polar surface area (TPSA) is 123 Å². The zero-order valence-electron chi connectivity index (χ0n) is 23.5. The van der Waals surface area contributed by atoms with Crippen LogP contribution in [0.15, 0.2) is 102 Å². The second-order valence-corrected chi connectivity index (χ2v) is 8.73. The third-order valence-electron chi connectivity index (χ3n) is 4.82. The number of amides is 1. The van der Waals surface area contributed by atoms with Crippen LogP contribution in [0.3, 0.4) is 0 Å². The van der Waals surface area contributed by atoms with E-state index in [-0.39, 0.29) is 48.2 Å². The lowest BCUT2D eigenvalue weighted by atomic mass is 10.1. The molecular weight excluding hydrogens is 510 g/mol. The van der Waals surface area contributed by atoms with Crippen molar-refractivity contribution in [3.63, 3.8) is 0 Å². The Kier molecular flexibility index (Phi) is 15.3. The maximum Gasteiger partial charge on any atom is 0.407 e. The fraction of sp³-hybridized carbons (Fsp3) is 0.258. The number of anilines is 1. The van der Waals surface area contributed by atoms with Crippen LogP contribution in [0.4, 0.5) is 10.5 Å². The molecule has 40 heavy (non-hydrogen) atoms. The van der Waals surface area contributed by atoms with E-state index in [1.54, 1.807) is 44.2 Å². The van der Waals surface area contributed by atoms with Crippen LogP contribution in [0, 0.1) is 0 Å². The van der Waals surface area contributed by atoms with E-state index in [1.165, 1.54) is 25.2 Å². The van der Waals surface area contributed by atoms with E-state index >= 15 is 0 Å². The lowest BCUT2D eigenvalue weighted by Gasteiger charge is -2.08. The Morgan fingerprint density at radius 2 is 1.60 bits per heavy atom. The van der Waals surface area contributed by atoms with Crippen molar-refractivity contribution in [2.45, 2.75) is 34.1 Å². The Bertz CT molecular complexity index is 1230. The number of hydrogen-bond acceptors (Lipinski definition) is 8. The van der Waals surface area contributed by atoms with Crippen molar-refractivity contribution in [2.75, 3.05) is 25.2 Å². The molecule has 0 aromatic heterocycles. The van der Waals surface area contributed by atoms with Gasteiger partial charge >= 0.3 is 12.1 Å². The number of allylic oxidation sites excluding steroid dienone is 9. The second-order valence-electron chi connectivity index (χ2n) is 8.73. The normalized spacial score (nSPS) is 11.3. The number of rotatable bonds is 16. The van der Waals surface area contributed by atoms with E-state index in [1.807, 2.05) is 25.1 Å². The molecule has 1 aromatic carbocycles. The Labute approximate surface area is 235 Å². The molecule has 0 bridgehead atoms. The van der Waals surface area contributed by atoms with Crippen LogP contribution in [0.1, 0.15) is 33.3 Å². The number of carbonyl (C=O) groups is 4. The van der Waals surface area contributed by atoms with Gasteiger partial charge in [-0.3, -0.25) is 15.0 Å². The first-order chi connectivity index (χ1) is 19.0. The van der Waals surface area contributed by atoms with E-state index in [9.17, 15) is 19.2 Å². The molecule has 0 unspecified atom stereocenters. The summed E-state index contributed by atoms with van der Waals surface area (Å²) < 4.78 is 10.0. The fourth-order valence-electron chi connectivity index (χ4n) is 2.74. The molecule has 1 aromatic rings. The molecule has 0 aliphatic carbocycles. The average molecular weight is 548 g/mol. The zero-order chi connectivity index (χ0) is 29.9. The minimum atomic E-state index is -0.614. The highest BCUT2D eigenvalue weighted by atomic mass is 16.6. The van der Waals surface area contributed by atoms with Crippen molar-refractivity contribution in [2.24, 2.45) is 5.10 Å². The molecule has 9 nitrogen and oxygen atoms in total. The van der Waals surface area contributed by atoms with Crippen LogP contribution < -0.4 is 10.7 Å². The van der Waals surface area contributed by atoms with Crippen LogP contribution in [0.2, 0.25) is 0 Å². The molecule has 0 fully saturated rings. The Balaban J connectivity index is 2.68. The Morgan fingerprint density at radius 1 is 0.900 bits per heavy atom. The predicted molar refractivity (Wildman–Crippen MR) is 158 cm³/mol. The van der Waals surface area contributed by atoms with Gasteiger partial charge in [-0.2, -0.15) is 5.10 Å². The number of hydrogen-bond donors (Lipinski definition) is 2. The summed E-state index contributed by atoms with van der Waals surface area (Å²) in [7, 11) is 0. The quantitative estimate of drug-likeness (QED) is 0.0729. The zero-order valence-corrected chi connectivity index (χ0v) is 23.5. The van der Waals surface area contributed by atoms with Crippen molar-refractivity contribution in [1.29, 1.82) is 0 Å². The molecule has 0 aliphatic rings. The number of hydrazone groups is 1. The van der Waals surface area contributed by atoms with Gasteiger partial charge < -0.3 is 14.8 Å². The molecule has 0 atom stereocenters. The van der Waals surface area contributed by atoms with Crippen LogP contribution >= 0.6 is 0 Å². The third-order valence-corrected chi connectivity index (χ3v) is 4.82. The molecule has 0 aliphatic heterocycles. The van der Waals surface area contributed by atoms with Crippen molar-refractivity contribution < 1.29 is 28.7 Å². The summed E-state index contributed by atoms with van der Waals surface area (Å²) in [5, 5.41) is 6.68. The largest absolute Gasteiger partial charge is 0.460 e. The number of carbonyl (C=O) groups excluding carboxylic acids is 4. The van der Waals surface area contributed by atoms with Gasteiger partial charge in [0.25, 0.3) is 0 Å². The van der Waals surface area contributed by atoms with Gasteiger partial charge in [-0.05, 0) is 63.6 Å². The average Bonchev–Trinajstić information content (AvgIpc) is 2.91. The summed E-state index contributed by atoms with van der Waals surface area (Å²) in [6.07, 6.45) is 10.8. The lowest BCUT2D eigenvalue weighted by Crippen LogP contribution is -2.29. The lowest BCUT2D eigenvalue weighted by molar-refractivity contribution is -0.138. The predicted octanol–water partition coefficient (Wildman–Crippen LogP) is 5.19. The van der Waals surface area contributed by atoms with Gasteiger partial charge in [-0.1, -0.05) is 55.2 Å². The Hall–Kier alpha value is -4.79. The highest BCUT2D eigenvalue weighted by Gasteiger charge is 2.08. The number of alkyl carbamates (subject to hydrolysis) is 1. The van der Waals surface area contributed by atoms with Crippen molar-refractivity contribution in [1.82, 2.24) is 5.32 Å². The van der Waals surface area contributed by atoms with Gasteiger partial charge in [0, 0.05) is 17.6 Å². The van der Waals surface area contributed by atoms with Crippen LogP contribution in [0.25, 0.3) is 0 Å². The van der Waals surface area contributed by atoms with Crippen LogP contribution in [0.5, 0.6) is 0 Å². The van der Waals surface area contributed by atoms with Crippen molar-refractivity contribution in [3.05, 3.63) is 102 Å². The first-order valence-electron chi connectivity index (χ1n) is 12.6. The van der Waals surface area contributed by atoms with E-state index in [0.717, 1.165) is 11.1 Å². The highest BCUT2D eigenvalue weighted by molar-refractivity contribution is 6.48. The smallest absolute Gasteiger partial charge is 0.407 e.